The normalized spacial score (nSPS) is 12.1. The zero-order valence-corrected chi connectivity index (χ0v) is 10.6. The summed E-state index contributed by atoms with van der Waals surface area (Å²) in [4.78, 5) is -0.362. The Morgan fingerprint density at radius 2 is 2.06 bits per heavy atom. The summed E-state index contributed by atoms with van der Waals surface area (Å²) >= 11 is 5.57. The number of alkyl halides is 1. The van der Waals surface area contributed by atoms with E-state index in [-0.39, 0.29) is 16.8 Å². The van der Waals surface area contributed by atoms with Crippen molar-refractivity contribution in [1.82, 2.24) is 4.72 Å². The highest BCUT2D eigenvalue weighted by Crippen LogP contribution is 2.17. The van der Waals surface area contributed by atoms with E-state index in [1.165, 1.54) is 12.1 Å². The molecule has 0 saturated carbocycles. The number of halogens is 2. The van der Waals surface area contributed by atoms with Gasteiger partial charge in [-0.2, -0.15) is 0 Å². The maximum atomic E-state index is 13.4. The van der Waals surface area contributed by atoms with Gasteiger partial charge in [0.15, 0.2) is 0 Å². The van der Waals surface area contributed by atoms with Crippen LogP contribution in [0.5, 0.6) is 0 Å². The summed E-state index contributed by atoms with van der Waals surface area (Å²) in [5, 5.41) is 0. The molecule has 1 N–H and O–H groups in total. The Hall–Kier alpha value is -0.650. The molecule has 3 nitrogen and oxygen atoms in total. The number of hydrogen-bond donors (Lipinski definition) is 1. The van der Waals surface area contributed by atoms with Crippen LogP contribution in [-0.2, 0) is 15.9 Å². The lowest BCUT2D eigenvalue weighted by molar-refractivity contribution is 0.548. The van der Waals surface area contributed by atoms with Gasteiger partial charge in [0.2, 0.25) is 10.0 Å². The minimum absolute atomic E-state index is 0.143. The van der Waals surface area contributed by atoms with E-state index in [0.29, 0.717) is 5.56 Å². The van der Waals surface area contributed by atoms with Gasteiger partial charge in [-0.3, -0.25) is 0 Å². The first-order chi connectivity index (χ1) is 7.36. The molecule has 0 aliphatic heterocycles. The van der Waals surface area contributed by atoms with Crippen molar-refractivity contribution in [3.63, 3.8) is 0 Å². The van der Waals surface area contributed by atoms with E-state index in [1.807, 2.05) is 0 Å². The van der Waals surface area contributed by atoms with Gasteiger partial charge < -0.3 is 0 Å². The second-order valence-electron chi connectivity index (χ2n) is 3.67. The minimum atomic E-state index is -3.81. The molecule has 0 saturated heterocycles. The fourth-order valence-electron chi connectivity index (χ4n) is 1.21. The SMILES string of the molecule is CC(C)NS(=O)(=O)c1cc(CCl)ccc1F. The fourth-order valence-corrected chi connectivity index (χ4v) is 2.76. The zero-order chi connectivity index (χ0) is 12.3. The van der Waals surface area contributed by atoms with E-state index in [1.54, 1.807) is 13.8 Å². The van der Waals surface area contributed by atoms with Crippen molar-refractivity contribution in [2.24, 2.45) is 0 Å². The van der Waals surface area contributed by atoms with Crippen molar-refractivity contribution in [2.75, 3.05) is 0 Å². The number of nitrogens with one attached hydrogen (secondary N) is 1. The quantitative estimate of drug-likeness (QED) is 0.849. The third-order valence-electron chi connectivity index (χ3n) is 1.83. The maximum absolute atomic E-state index is 13.4. The van der Waals surface area contributed by atoms with Crippen molar-refractivity contribution in [3.05, 3.63) is 29.6 Å². The summed E-state index contributed by atoms with van der Waals surface area (Å²) in [6.45, 7) is 3.34. The van der Waals surface area contributed by atoms with Crippen LogP contribution < -0.4 is 4.72 Å². The highest BCUT2D eigenvalue weighted by molar-refractivity contribution is 7.89. The molecule has 0 aromatic heterocycles. The topological polar surface area (TPSA) is 46.2 Å². The van der Waals surface area contributed by atoms with Crippen LogP contribution in [0.4, 0.5) is 4.39 Å². The highest BCUT2D eigenvalue weighted by atomic mass is 35.5. The van der Waals surface area contributed by atoms with Gasteiger partial charge in [0.25, 0.3) is 0 Å². The van der Waals surface area contributed by atoms with E-state index in [4.69, 9.17) is 11.6 Å². The third kappa shape index (κ3) is 3.17. The lowest BCUT2D eigenvalue weighted by atomic mass is 10.2. The lowest BCUT2D eigenvalue weighted by Gasteiger charge is -2.10. The van der Waals surface area contributed by atoms with Gasteiger partial charge in [-0.05, 0) is 31.5 Å². The first-order valence-electron chi connectivity index (χ1n) is 4.73. The van der Waals surface area contributed by atoms with Crippen LogP contribution in [0.25, 0.3) is 0 Å². The summed E-state index contributed by atoms with van der Waals surface area (Å²) < 4.78 is 39.2. The van der Waals surface area contributed by atoms with Crippen molar-refractivity contribution in [2.45, 2.75) is 30.7 Å². The molecular weight excluding hydrogens is 253 g/mol. The second kappa shape index (κ2) is 5.12. The molecule has 1 aromatic rings. The minimum Gasteiger partial charge on any atom is -0.209 e. The monoisotopic (exact) mass is 265 g/mol. The average molecular weight is 266 g/mol. The number of sulfonamides is 1. The van der Waals surface area contributed by atoms with E-state index in [2.05, 4.69) is 4.72 Å². The van der Waals surface area contributed by atoms with Crippen LogP contribution in [-0.4, -0.2) is 14.5 Å². The van der Waals surface area contributed by atoms with Gasteiger partial charge in [-0.1, -0.05) is 6.07 Å². The Kier molecular flexibility index (Phi) is 4.29. The second-order valence-corrected chi connectivity index (χ2v) is 5.62. The first kappa shape index (κ1) is 13.4. The first-order valence-corrected chi connectivity index (χ1v) is 6.75. The van der Waals surface area contributed by atoms with E-state index in [9.17, 15) is 12.8 Å². The van der Waals surface area contributed by atoms with Gasteiger partial charge in [0, 0.05) is 11.9 Å². The van der Waals surface area contributed by atoms with Crippen molar-refractivity contribution >= 4 is 21.6 Å². The Labute approximate surface area is 99.7 Å². The van der Waals surface area contributed by atoms with Crippen molar-refractivity contribution in [1.29, 1.82) is 0 Å². The van der Waals surface area contributed by atoms with Gasteiger partial charge in [-0.25, -0.2) is 17.5 Å². The van der Waals surface area contributed by atoms with Gasteiger partial charge in [-0.15, -0.1) is 11.6 Å². The van der Waals surface area contributed by atoms with E-state index >= 15 is 0 Å². The predicted octanol–water partition coefficient (Wildman–Crippen LogP) is 2.25. The summed E-state index contributed by atoms with van der Waals surface area (Å²) in [5.41, 5.74) is 0.562. The number of hydrogen-bond acceptors (Lipinski definition) is 2. The molecule has 0 bridgehead atoms. The average Bonchev–Trinajstić information content (AvgIpc) is 2.16. The van der Waals surface area contributed by atoms with E-state index in [0.717, 1.165) is 6.07 Å². The lowest BCUT2D eigenvalue weighted by Crippen LogP contribution is -2.30. The summed E-state index contributed by atoms with van der Waals surface area (Å²) in [6, 6.07) is 3.51. The van der Waals surface area contributed by atoms with Crippen LogP contribution in [0, 0.1) is 5.82 Å². The Morgan fingerprint density at radius 1 is 1.44 bits per heavy atom. The Balaban J connectivity index is 3.21. The molecule has 0 unspecified atom stereocenters. The molecule has 90 valence electrons. The highest BCUT2D eigenvalue weighted by Gasteiger charge is 2.20. The summed E-state index contributed by atoms with van der Waals surface area (Å²) in [7, 11) is -3.81. The molecule has 6 heteroatoms. The third-order valence-corrected chi connectivity index (χ3v) is 3.81. The molecule has 0 atom stereocenters. The van der Waals surface area contributed by atoms with Crippen LogP contribution in [0.15, 0.2) is 23.1 Å². The Morgan fingerprint density at radius 3 is 2.56 bits per heavy atom. The van der Waals surface area contributed by atoms with Crippen molar-refractivity contribution in [3.8, 4) is 0 Å². The summed E-state index contributed by atoms with van der Waals surface area (Å²) in [6.07, 6.45) is 0. The van der Waals surface area contributed by atoms with Crippen LogP contribution in [0.2, 0.25) is 0 Å². The molecule has 0 aliphatic carbocycles. The van der Waals surface area contributed by atoms with Gasteiger partial charge >= 0.3 is 0 Å². The molecular formula is C10H13ClFNO2S. The van der Waals surface area contributed by atoms with Gasteiger partial charge in [0.1, 0.15) is 10.7 Å². The molecule has 16 heavy (non-hydrogen) atoms. The predicted molar refractivity (Wildman–Crippen MR) is 61.4 cm³/mol. The molecule has 0 aliphatic rings. The number of benzene rings is 1. The Bertz CT molecular complexity index is 474. The fraction of sp³-hybridized carbons (Fsp3) is 0.400. The maximum Gasteiger partial charge on any atom is 0.243 e. The van der Waals surface area contributed by atoms with E-state index < -0.39 is 15.8 Å². The summed E-state index contributed by atoms with van der Waals surface area (Å²) in [5.74, 6) is -0.633. The molecule has 1 aromatic carbocycles. The molecule has 0 heterocycles. The van der Waals surface area contributed by atoms with Gasteiger partial charge in [0.05, 0.1) is 0 Å². The molecule has 0 spiro atoms. The van der Waals surface area contributed by atoms with Crippen LogP contribution in [0.3, 0.4) is 0 Å². The number of rotatable bonds is 4. The van der Waals surface area contributed by atoms with Crippen LogP contribution >= 0.6 is 11.6 Å². The molecule has 0 radical (unpaired) electrons. The van der Waals surface area contributed by atoms with Crippen LogP contribution in [0.1, 0.15) is 19.4 Å². The smallest absolute Gasteiger partial charge is 0.209 e. The molecule has 0 fully saturated rings. The zero-order valence-electron chi connectivity index (χ0n) is 9.00. The molecule has 1 rings (SSSR count). The molecule has 0 amide bonds. The standard InChI is InChI=1S/C10H13ClFNO2S/c1-7(2)13-16(14,15)10-5-8(6-11)3-4-9(10)12/h3-5,7,13H,6H2,1-2H3. The van der Waals surface area contributed by atoms with Crippen molar-refractivity contribution < 1.29 is 12.8 Å². The largest absolute Gasteiger partial charge is 0.243 e.